The van der Waals surface area contributed by atoms with Crippen molar-refractivity contribution in [3.63, 3.8) is 0 Å². The van der Waals surface area contributed by atoms with Crippen molar-refractivity contribution >= 4 is 18.5 Å². The van der Waals surface area contributed by atoms with Crippen LogP contribution < -0.4 is 10.2 Å². The van der Waals surface area contributed by atoms with E-state index in [9.17, 15) is 4.79 Å². The van der Waals surface area contributed by atoms with Crippen LogP contribution in [0.2, 0.25) is 0 Å². The largest absolute Gasteiger partial charge is 0.500 e. The molecule has 0 bridgehead atoms. The van der Waals surface area contributed by atoms with E-state index >= 15 is 0 Å². The standard InChI is InChI=1S/C17H25BN2O4/c1-16(2)17(3,4)24-18(23-16)12-10-19-13(15(21)20(5)6)9-14(12)22-11-7-8-11/h9-11H,7-8H2,1-6H3. The Morgan fingerprint density at radius 2 is 1.83 bits per heavy atom. The van der Waals surface area contributed by atoms with E-state index in [1.54, 1.807) is 26.4 Å². The molecule has 0 aromatic carbocycles. The van der Waals surface area contributed by atoms with E-state index in [4.69, 9.17) is 14.0 Å². The van der Waals surface area contributed by atoms with Crippen molar-refractivity contribution in [2.45, 2.75) is 57.8 Å². The summed E-state index contributed by atoms with van der Waals surface area (Å²) < 4.78 is 18.2. The fourth-order valence-corrected chi connectivity index (χ4v) is 2.41. The Kier molecular flexibility index (Phi) is 4.12. The van der Waals surface area contributed by atoms with Gasteiger partial charge in [-0.25, -0.2) is 0 Å². The molecule has 1 aliphatic carbocycles. The van der Waals surface area contributed by atoms with Gasteiger partial charge in [-0.1, -0.05) is 0 Å². The van der Waals surface area contributed by atoms with Crippen molar-refractivity contribution in [1.29, 1.82) is 0 Å². The van der Waals surface area contributed by atoms with Crippen molar-refractivity contribution in [3.8, 4) is 5.75 Å². The highest BCUT2D eigenvalue weighted by Crippen LogP contribution is 2.37. The molecule has 0 atom stereocenters. The van der Waals surface area contributed by atoms with E-state index in [2.05, 4.69) is 4.98 Å². The van der Waals surface area contributed by atoms with Gasteiger partial charge in [0, 0.05) is 31.8 Å². The quantitative estimate of drug-likeness (QED) is 0.784. The predicted molar refractivity (Wildman–Crippen MR) is 91.6 cm³/mol. The fourth-order valence-electron chi connectivity index (χ4n) is 2.41. The van der Waals surface area contributed by atoms with Gasteiger partial charge in [-0.3, -0.25) is 9.78 Å². The zero-order chi connectivity index (χ0) is 17.7. The van der Waals surface area contributed by atoms with Crippen molar-refractivity contribution in [2.75, 3.05) is 14.1 Å². The second-order valence-electron chi connectivity index (χ2n) is 7.71. The van der Waals surface area contributed by atoms with Crippen molar-refractivity contribution < 1.29 is 18.8 Å². The molecule has 1 aliphatic heterocycles. The molecule has 0 radical (unpaired) electrons. The summed E-state index contributed by atoms with van der Waals surface area (Å²) in [5.74, 6) is 0.465. The van der Waals surface area contributed by atoms with Crippen LogP contribution in [0, 0.1) is 0 Å². The maximum absolute atomic E-state index is 12.2. The first kappa shape index (κ1) is 17.2. The average molecular weight is 332 g/mol. The second kappa shape index (κ2) is 5.74. The summed E-state index contributed by atoms with van der Waals surface area (Å²) >= 11 is 0. The molecule has 130 valence electrons. The first-order valence-corrected chi connectivity index (χ1v) is 8.34. The number of nitrogens with zero attached hydrogens (tertiary/aromatic N) is 2. The Hall–Kier alpha value is -1.60. The Morgan fingerprint density at radius 3 is 2.33 bits per heavy atom. The van der Waals surface area contributed by atoms with Gasteiger partial charge in [0.1, 0.15) is 11.4 Å². The molecule has 2 aliphatic rings. The molecule has 2 fully saturated rings. The number of amides is 1. The molecule has 0 N–H and O–H groups in total. The SMILES string of the molecule is CN(C)C(=O)c1cc(OC2CC2)c(B2OC(C)(C)C(C)(C)O2)cn1. The molecule has 1 aromatic rings. The minimum absolute atomic E-state index is 0.156. The van der Waals surface area contributed by atoms with Gasteiger partial charge in [0.25, 0.3) is 5.91 Å². The second-order valence-corrected chi connectivity index (χ2v) is 7.71. The van der Waals surface area contributed by atoms with Crippen LogP contribution in [0.25, 0.3) is 0 Å². The Balaban J connectivity index is 1.94. The lowest BCUT2D eigenvalue weighted by atomic mass is 9.79. The molecule has 7 heteroatoms. The minimum atomic E-state index is -0.556. The molecule has 6 nitrogen and oxygen atoms in total. The van der Waals surface area contributed by atoms with Crippen LogP contribution in [-0.4, -0.2) is 54.3 Å². The number of hydrogen-bond acceptors (Lipinski definition) is 5. The molecule has 0 spiro atoms. The molecule has 1 saturated heterocycles. The minimum Gasteiger partial charge on any atom is -0.491 e. The Bertz CT molecular complexity index is 640. The third-order valence-corrected chi connectivity index (χ3v) is 4.85. The molecule has 1 amide bonds. The highest BCUT2D eigenvalue weighted by Gasteiger charge is 2.52. The van der Waals surface area contributed by atoms with Gasteiger partial charge >= 0.3 is 7.12 Å². The Morgan fingerprint density at radius 1 is 1.25 bits per heavy atom. The lowest BCUT2D eigenvalue weighted by molar-refractivity contribution is 0.00578. The molecule has 1 saturated carbocycles. The number of aromatic nitrogens is 1. The number of carbonyl (C=O) groups is 1. The first-order chi connectivity index (χ1) is 11.1. The number of rotatable bonds is 4. The van der Waals surface area contributed by atoms with Crippen LogP contribution in [0.3, 0.4) is 0 Å². The lowest BCUT2D eigenvalue weighted by Crippen LogP contribution is -2.41. The molecular formula is C17H25BN2O4. The van der Waals surface area contributed by atoms with E-state index in [0.29, 0.717) is 11.4 Å². The van der Waals surface area contributed by atoms with Crippen LogP contribution in [0.5, 0.6) is 5.75 Å². The van der Waals surface area contributed by atoms with Gasteiger partial charge in [-0.15, -0.1) is 0 Å². The van der Waals surface area contributed by atoms with Gasteiger partial charge in [-0.2, -0.15) is 0 Å². The van der Waals surface area contributed by atoms with Crippen LogP contribution in [0.15, 0.2) is 12.3 Å². The highest BCUT2D eigenvalue weighted by atomic mass is 16.7. The summed E-state index contributed by atoms with van der Waals surface area (Å²) in [5, 5.41) is 0. The summed E-state index contributed by atoms with van der Waals surface area (Å²) in [5.41, 5.74) is 0.214. The Labute approximate surface area is 143 Å². The van der Waals surface area contributed by atoms with Crippen molar-refractivity contribution in [3.05, 3.63) is 18.0 Å². The third-order valence-electron chi connectivity index (χ3n) is 4.85. The van der Waals surface area contributed by atoms with Crippen molar-refractivity contribution in [1.82, 2.24) is 9.88 Å². The van der Waals surface area contributed by atoms with E-state index in [-0.39, 0.29) is 12.0 Å². The van der Waals surface area contributed by atoms with Gasteiger partial charge in [0.15, 0.2) is 0 Å². The normalized spacial score (nSPS) is 21.7. The van der Waals surface area contributed by atoms with Crippen LogP contribution in [0.1, 0.15) is 51.0 Å². The summed E-state index contributed by atoms with van der Waals surface area (Å²) in [4.78, 5) is 18.0. The van der Waals surface area contributed by atoms with Gasteiger partial charge in [0.2, 0.25) is 0 Å². The van der Waals surface area contributed by atoms with Crippen LogP contribution in [0.4, 0.5) is 0 Å². The molecule has 24 heavy (non-hydrogen) atoms. The van der Waals surface area contributed by atoms with Gasteiger partial charge in [-0.05, 0) is 40.5 Å². The fraction of sp³-hybridized carbons (Fsp3) is 0.647. The number of hydrogen-bond donors (Lipinski definition) is 0. The maximum Gasteiger partial charge on any atom is 0.500 e. The van der Waals surface area contributed by atoms with Crippen molar-refractivity contribution in [2.24, 2.45) is 0 Å². The predicted octanol–water partition coefficient (Wildman–Crippen LogP) is 1.62. The number of pyridine rings is 1. The molecule has 3 rings (SSSR count). The first-order valence-electron chi connectivity index (χ1n) is 8.34. The van der Waals surface area contributed by atoms with Crippen LogP contribution in [-0.2, 0) is 9.31 Å². The van der Waals surface area contributed by atoms with E-state index in [1.807, 2.05) is 27.7 Å². The summed E-state index contributed by atoms with van der Waals surface area (Å²) in [6.07, 6.45) is 3.90. The molecular weight excluding hydrogens is 307 g/mol. The van der Waals surface area contributed by atoms with Crippen LogP contribution >= 0.6 is 0 Å². The lowest BCUT2D eigenvalue weighted by Gasteiger charge is -2.32. The summed E-state index contributed by atoms with van der Waals surface area (Å²) in [6.45, 7) is 8.02. The van der Waals surface area contributed by atoms with E-state index < -0.39 is 18.3 Å². The van der Waals surface area contributed by atoms with E-state index in [1.165, 1.54) is 4.90 Å². The number of carbonyl (C=O) groups excluding carboxylic acids is 1. The summed E-state index contributed by atoms with van der Waals surface area (Å²) in [6, 6.07) is 1.70. The van der Waals surface area contributed by atoms with E-state index in [0.717, 1.165) is 18.3 Å². The number of ether oxygens (including phenoxy) is 1. The van der Waals surface area contributed by atoms with Gasteiger partial charge in [0.05, 0.1) is 17.3 Å². The summed E-state index contributed by atoms with van der Waals surface area (Å²) in [7, 11) is 2.85. The molecule has 2 heterocycles. The topological polar surface area (TPSA) is 60.9 Å². The molecule has 0 unspecified atom stereocenters. The third kappa shape index (κ3) is 3.15. The molecule has 1 aromatic heterocycles. The maximum atomic E-state index is 12.2. The monoisotopic (exact) mass is 332 g/mol. The highest BCUT2D eigenvalue weighted by molar-refractivity contribution is 6.63. The van der Waals surface area contributed by atoms with Gasteiger partial charge < -0.3 is 18.9 Å². The zero-order valence-corrected chi connectivity index (χ0v) is 15.3. The average Bonchev–Trinajstić information content (AvgIpc) is 3.25. The zero-order valence-electron chi connectivity index (χ0n) is 15.3. The smallest absolute Gasteiger partial charge is 0.491 e.